The fourth-order valence-corrected chi connectivity index (χ4v) is 7.80. The van der Waals surface area contributed by atoms with E-state index in [2.05, 4.69) is 15.5 Å². The average Bonchev–Trinajstić information content (AvgIpc) is 3.79. The Bertz CT molecular complexity index is 1990. The number of hydrogen-bond acceptors (Lipinski definition) is 18. The van der Waals surface area contributed by atoms with Crippen LogP contribution in [-0.4, -0.2) is 128 Å². The second kappa shape index (κ2) is 12.1. The number of rotatable bonds is 9. The number of nitrogens with one attached hydrogen (secondary N) is 1. The third-order valence-electron chi connectivity index (χ3n) is 8.16. The van der Waals surface area contributed by atoms with Crippen LogP contribution < -0.4 is 11.1 Å². The molecule has 0 radical (unpaired) electrons. The number of benzene rings is 1. The maximum absolute atomic E-state index is 13.5. The zero-order valence-electron chi connectivity index (χ0n) is 25.0. The number of fused-ring (bicyclic) bond motifs is 1. The number of ether oxygens (including phenoxy) is 2. The number of hydroxylamine groups is 2. The fraction of sp³-hybridized carbons (Fsp3) is 0.385. The molecule has 5 heterocycles. The van der Waals surface area contributed by atoms with Gasteiger partial charge in [-0.3, -0.25) is 19.2 Å². The van der Waals surface area contributed by atoms with Gasteiger partial charge in [0.25, 0.3) is 27.7 Å². The largest absolute Gasteiger partial charge is 0.504 e. The van der Waals surface area contributed by atoms with Gasteiger partial charge in [0.15, 0.2) is 28.4 Å². The number of sulfonamides is 1. The molecule has 2 unspecified atom stereocenters. The number of oxime groups is 1. The summed E-state index contributed by atoms with van der Waals surface area (Å²) in [6.45, 7) is -0.715. The number of esters is 1. The number of hydrogen-bond donors (Lipinski definition) is 6. The predicted octanol–water partition coefficient (Wildman–Crippen LogP) is -2.31. The van der Waals surface area contributed by atoms with E-state index in [1.54, 1.807) is 0 Å². The molecule has 1 aromatic heterocycles. The van der Waals surface area contributed by atoms with Crippen LogP contribution in [0.3, 0.4) is 0 Å². The standard InChI is InChI=1S/C26H24N6O16S2/c27-24-29-12(9-49-24)17(30-48-25(22(39)40)1-3-45-4-2-25)18(35)28-11-8-46-32(20(11)37)26(23(41)42)7-13(21(38)47-26)31-19(36)10-5-14(33)15(34)6-16(10)50(31,43)44/h5-6,9,11,13,33-34H,1-4,7-8H2,(H2,27,29)(H,28,35)(H,39,40)(H,41,42)/b30-17-/t11-,13?,26?/m0/s1. The number of carboxylic acid groups (broad SMARTS) is 2. The van der Waals surface area contributed by atoms with Gasteiger partial charge in [-0.2, -0.15) is 5.06 Å². The van der Waals surface area contributed by atoms with Crippen LogP contribution >= 0.6 is 11.3 Å². The molecule has 1 aromatic carbocycles. The maximum atomic E-state index is 13.5. The number of nitrogen functional groups attached to an aromatic ring is 1. The van der Waals surface area contributed by atoms with Crippen LogP contribution in [0.1, 0.15) is 35.3 Å². The van der Waals surface area contributed by atoms with Gasteiger partial charge in [-0.15, -0.1) is 11.3 Å². The van der Waals surface area contributed by atoms with Crippen molar-refractivity contribution in [2.45, 2.75) is 47.6 Å². The molecule has 6 rings (SSSR count). The van der Waals surface area contributed by atoms with Gasteiger partial charge in [0.2, 0.25) is 5.60 Å². The summed E-state index contributed by atoms with van der Waals surface area (Å²) in [6.07, 6.45) is -1.42. The van der Waals surface area contributed by atoms with Crippen LogP contribution in [-0.2, 0) is 53.1 Å². The van der Waals surface area contributed by atoms with Crippen molar-refractivity contribution in [1.82, 2.24) is 19.7 Å². The van der Waals surface area contributed by atoms with Gasteiger partial charge in [-0.05, 0) is 6.07 Å². The summed E-state index contributed by atoms with van der Waals surface area (Å²) in [5.74, 6) is -10.6. The number of aliphatic carboxylic acids is 2. The third kappa shape index (κ3) is 5.37. The highest BCUT2D eigenvalue weighted by atomic mass is 32.2. The highest BCUT2D eigenvalue weighted by molar-refractivity contribution is 7.90. The highest BCUT2D eigenvalue weighted by Crippen LogP contribution is 2.43. The van der Waals surface area contributed by atoms with Gasteiger partial charge in [0.05, 0.1) is 25.2 Å². The van der Waals surface area contributed by atoms with E-state index in [4.69, 9.17) is 24.9 Å². The highest BCUT2D eigenvalue weighted by Gasteiger charge is 2.66. The zero-order valence-corrected chi connectivity index (χ0v) is 26.6. The molecule has 50 heavy (non-hydrogen) atoms. The first-order valence-corrected chi connectivity index (χ1v) is 16.5. The Hall–Kier alpha value is -5.59. The van der Waals surface area contributed by atoms with Gasteiger partial charge < -0.3 is 45.8 Å². The Labute approximate surface area is 282 Å². The molecule has 0 saturated carbocycles. The zero-order chi connectivity index (χ0) is 36.3. The molecule has 3 saturated heterocycles. The Balaban J connectivity index is 1.24. The van der Waals surface area contributed by atoms with Gasteiger partial charge in [-0.1, -0.05) is 5.16 Å². The fourth-order valence-electron chi connectivity index (χ4n) is 5.54. The Kier molecular flexibility index (Phi) is 8.28. The first-order chi connectivity index (χ1) is 23.5. The molecule has 3 amide bonds. The number of aromatic hydroxyl groups is 2. The Morgan fingerprint density at radius 1 is 1.10 bits per heavy atom. The summed E-state index contributed by atoms with van der Waals surface area (Å²) >= 11 is 0.893. The van der Waals surface area contributed by atoms with E-state index in [0.29, 0.717) is 12.1 Å². The average molecular weight is 741 g/mol. The molecule has 7 N–H and O–H groups in total. The van der Waals surface area contributed by atoms with Crippen molar-refractivity contribution in [2.24, 2.45) is 5.16 Å². The third-order valence-corrected chi connectivity index (χ3v) is 10.7. The number of thiazole rings is 1. The van der Waals surface area contributed by atoms with Crippen molar-refractivity contribution in [3.8, 4) is 11.5 Å². The number of anilines is 1. The van der Waals surface area contributed by atoms with E-state index in [-0.39, 0.29) is 46.2 Å². The second-order valence-corrected chi connectivity index (χ2v) is 13.8. The number of nitrogens with two attached hydrogens (primary N) is 1. The molecule has 3 atom stereocenters. The van der Waals surface area contributed by atoms with E-state index in [1.807, 2.05) is 0 Å². The number of cyclic esters (lactones) is 1. The molecule has 2 aromatic rings. The molecular weight excluding hydrogens is 716 g/mol. The van der Waals surface area contributed by atoms with Crippen molar-refractivity contribution in [3.05, 3.63) is 28.8 Å². The van der Waals surface area contributed by atoms with Gasteiger partial charge in [0.1, 0.15) is 23.2 Å². The molecule has 24 heteroatoms. The number of carbonyl (C=O) groups excluding carboxylic acids is 4. The lowest BCUT2D eigenvalue weighted by atomic mass is 9.95. The number of carbonyl (C=O) groups is 6. The lowest BCUT2D eigenvalue weighted by molar-refractivity contribution is -0.256. The minimum absolute atomic E-state index is 0.00794. The number of phenolic OH excluding ortho intramolecular Hbond substituents is 2. The molecule has 4 aliphatic heterocycles. The topological polar surface area (TPSA) is 324 Å². The van der Waals surface area contributed by atoms with Gasteiger partial charge in [0, 0.05) is 24.3 Å². The Morgan fingerprint density at radius 3 is 2.40 bits per heavy atom. The summed E-state index contributed by atoms with van der Waals surface area (Å²) in [7, 11) is -4.91. The van der Waals surface area contributed by atoms with E-state index in [0.717, 1.165) is 11.3 Å². The van der Waals surface area contributed by atoms with E-state index in [1.165, 1.54) is 5.38 Å². The van der Waals surface area contributed by atoms with Crippen molar-refractivity contribution < 1.29 is 76.8 Å². The SMILES string of the molecule is Nc1nc(/C(=N/OC2(C(=O)O)CCOCC2)C(=O)N[C@H]2CON(C3(C(=O)O)CC(N4C(=O)c5cc(O)c(O)cc5S4(=O)=O)C(=O)O3)C2=O)cs1. The van der Waals surface area contributed by atoms with Crippen molar-refractivity contribution in [3.63, 3.8) is 0 Å². The number of nitrogens with zero attached hydrogens (tertiary/aromatic N) is 4. The summed E-state index contributed by atoms with van der Waals surface area (Å²) in [5, 5.41) is 46.9. The van der Waals surface area contributed by atoms with Gasteiger partial charge in [-0.25, -0.2) is 32.1 Å². The first-order valence-electron chi connectivity index (χ1n) is 14.2. The predicted molar refractivity (Wildman–Crippen MR) is 157 cm³/mol. The van der Waals surface area contributed by atoms with E-state index in [9.17, 15) is 57.6 Å². The number of phenols is 2. The van der Waals surface area contributed by atoms with Crippen LogP contribution in [0.25, 0.3) is 0 Å². The molecule has 22 nitrogen and oxygen atoms in total. The minimum Gasteiger partial charge on any atom is -0.504 e. The van der Waals surface area contributed by atoms with Crippen molar-refractivity contribution >= 4 is 67.8 Å². The Morgan fingerprint density at radius 2 is 1.78 bits per heavy atom. The van der Waals surface area contributed by atoms with Crippen molar-refractivity contribution in [1.29, 1.82) is 0 Å². The van der Waals surface area contributed by atoms with Crippen LogP contribution in [0.5, 0.6) is 11.5 Å². The molecular formula is C26H24N6O16S2. The summed E-state index contributed by atoms with van der Waals surface area (Å²) < 4.78 is 36.7. The summed E-state index contributed by atoms with van der Waals surface area (Å²) in [5.41, 5.74) is -0.651. The molecule has 266 valence electrons. The monoisotopic (exact) mass is 740 g/mol. The number of amides is 3. The van der Waals surface area contributed by atoms with Crippen molar-refractivity contribution in [2.75, 3.05) is 25.6 Å². The smallest absolute Gasteiger partial charge is 0.372 e. The molecule has 0 aliphatic carbocycles. The van der Waals surface area contributed by atoms with Crippen LogP contribution in [0.4, 0.5) is 5.13 Å². The number of aromatic nitrogens is 1. The first kappa shape index (κ1) is 34.3. The normalized spacial score (nSPS) is 25.7. The summed E-state index contributed by atoms with van der Waals surface area (Å²) in [6, 6.07) is -2.65. The quantitative estimate of drug-likeness (QED) is 0.0681. The van der Waals surface area contributed by atoms with E-state index >= 15 is 0 Å². The molecule has 0 bridgehead atoms. The molecule has 0 spiro atoms. The summed E-state index contributed by atoms with van der Waals surface area (Å²) in [4.78, 5) is 91.5. The molecule has 4 aliphatic rings. The second-order valence-electron chi connectivity index (χ2n) is 11.1. The van der Waals surface area contributed by atoms with Crippen LogP contribution in [0, 0.1) is 0 Å². The minimum atomic E-state index is -4.91. The number of carboxylic acids is 2. The van der Waals surface area contributed by atoms with Crippen LogP contribution in [0.15, 0.2) is 27.6 Å². The maximum Gasteiger partial charge on any atom is 0.372 e. The van der Waals surface area contributed by atoms with Gasteiger partial charge >= 0.3 is 23.6 Å². The van der Waals surface area contributed by atoms with E-state index < -0.39 is 110 Å². The lowest BCUT2D eigenvalue weighted by Gasteiger charge is -2.31. The molecule has 3 fully saturated rings. The lowest BCUT2D eigenvalue weighted by Crippen LogP contribution is -2.57. The van der Waals surface area contributed by atoms with Crippen LogP contribution in [0.2, 0.25) is 0 Å².